The number of hydrogen-bond donors (Lipinski definition) is 2. The Morgan fingerprint density at radius 3 is 2.46 bits per heavy atom. The van der Waals surface area contributed by atoms with E-state index in [0.717, 1.165) is 18.9 Å². The van der Waals surface area contributed by atoms with E-state index in [1.807, 2.05) is 13.8 Å². The Balaban J connectivity index is 3.97. The molecule has 1 atom stereocenters. The van der Waals surface area contributed by atoms with Crippen molar-refractivity contribution in [2.24, 2.45) is 16.8 Å². The van der Waals surface area contributed by atoms with E-state index in [1.165, 1.54) is 0 Å². The number of methoxy groups -OCH3 is 1. The fraction of sp³-hybridized carbons (Fsp3) is 0.889. The summed E-state index contributed by atoms with van der Waals surface area (Å²) >= 11 is 0. The lowest BCUT2D eigenvalue weighted by molar-refractivity contribution is 0.162. The van der Waals surface area contributed by atoms with Gasteiger partial charge in [-0.15, -0.1) is 0 Å². The van der Waals surface area contributed by atoms with Crippen molar-refractivity contribution in [1.29, 1.82) is 0 Å². The number of nitrogens with one attached hydrogen (secondary N) is 1. The highest BCUT2D eigenvalue weighted by molar-refractivity contribution is 5.81. The molecule has 0 aromatic carbocycles. The Hall–Kier alpha value is -0.610. The van der Waals surface area contributed by atoms with Crippen molar-refractivity contribution in [2.75, 3.05) is 13.7 Å². The van der Waals surface area contributed by atoms with Crippen LogP contribution in [-0.2, 0) is 4.74 Å². The number of amidine groups is 1. The van der Waals surface area contributed by atoms with Gasteiger partial charge < -0.3 is 10.2 Å². The summed E-state index contributed by atoms with van der Waals surface area (Å²) in [5.41, 5.74) is 2.62. The van der Waals surface area contributed by atoms with E-state index in [9.17, 15) is 0 Å². The number of hydrazine groups is 1. The minimum Gasteiger partial charge on any atom is -0.384 e. The van der Waals surface area contributed by atoms with Crippen LogP contribution in [0.15, 0.2) is 4.99 Å². The smallest absolute Gasteiger partial charge is 0.111 e. The molecule has 78 valence electrons. The van der Waals surface area contributed by atoms with Gasteiger partial charge in [0.15, 0.2) is 0 Å². The van der Waals surface area contributed by atoms with Crippen molar-refractivity contribution in [2.45, 2.75) is 33.2 Å². The summed E-state index contributed by atoms with van der Waals surface area (Å²) in [5, 5.41) is 0. The molecule has 4 nitrogen and oxygen atoms in total. The molecule has 13 heavy (non-hydrogen) atoms. The number of hydrogen-bond acceptors (Lipinski definition) is 3. The maximum atomic E-state index is 5.34. The zero-order chi connectivity index (χ0) is 10.3. The van der Waals surface area contributed by atoms with Crippen molar-refractivity contribution >= 4 is 5.84 Å². The standard InChI is InChI=1S/C9H21N3O/c1-7(2)11-9(12-10)5-8(3)6-13-4/h7-8H,5-6,10H2,1-4H3,(H,11,12). The Morgan fingerprint density at radius 2 is 2.08 bits per heavy atom. The van der Waals surface area contributed by atoms with E-state index in [2.05, 4.69) is 17.3 Å². The zero-order valence-corrected chi connectivity index (χ0v) is 9.00. The van der Waals surface area contributed by atoms with Gasteiger partial charge >= 0.3 is 0 Å². The van der Waals surface area contributed by atoms with Crippen LogP contribution in [0.1, 0.15) is 27.2 Å². The summed E-state index contributed by atoms with van der Waals surface area (Å²) in [6, 6.07) is 0.279. The summed E-state index contributed by atoms with van der Waals surface area (Å²) < 4.78 is 5.03. The fourth-order valence-electron chi connectivity index (χ4n) is 1.13. The highest BCUT2D eigenvalue weighted by Crippen LogP contribution is 2.03. The quantitative estimate of drug-likeness (QED) is 0.291. The highest BCUT2D eigenvalue weighted by atomic mass is 16.5. The molecule has 0 amide bonds. The normalized spacial score (nSPS) is 14.8. The predicted octanol–water partition coefficient (Wildman–Crippen LogP) is 0.929. The zero-order valence-electron chi connectivity index (χ0n) is 9.00. The molecule has 0 fully saturated rings. The lowest BCUT2D eigenvalue weighted by Gasteiger charge is -2.12. The molecule has 0 aromatic heterocycles. The van der Waals surface area contributed by atoms with E-state index < -0.39 is 0 Å². The Labute approximate surface area is 80.5 Å². The third kappa shape index (κ3) is 6.54. The first-order valence-corrected chi connectivity index (χ1v) is 4.62. The van der Waals surface area contributed by atoms with Gasteiger partial charge in [-0.05, 0) is 19.8 Å². The van der Waals surface area contributed by atoms with Crippen molar-refractivity contribution in [1.82, 2.24) is 5.43 Å². The topological polar surface area (TPSA) is 59.6 Å². The maximum absolute atomic E-state index is 5.34. The number of rotatable bonds is 5. The molecule has 0 bridgehead atoms. The maximum Gasteiger partial charge on any atom is 0.111 e. The Morgan fingerprint density at radius 1 is 1.46 bits per heavy atom. The first kappa shape index (κ1) is 12.4. The second-order valence-electron chi connectivity index (χ2n) is 3.58. The molecule has 0 aliphatic carbocycles. The van der Waals surface area contributed by atoms with Gasteiger partial charge in [0.1, 0.15) is 5.84 Å². The van der Waals surface area contributed by atoms with Gasteiger partial charge in [-0.2, -0.15) is 0 Å². The molecule has 0 aliphatic heterocycles. The fourth-order valence-corrected chi connectivity index (χ4v) is 1.13. The van der Waals surface area contributed by atoms with Crippen LogP contribution in [0.3, 0.4) is 0 Å². The summed E-state index contributed by atoms with van der Waals surface area (Å²) in [7, 11) is 1.70. The highest BCUT2D eigenvalue weighted by Gasteiger charge is 2.06. The molecular formula is C9H21N3O. The second-order valence-corrected chi connectivity index (χ2v) is 3.58. The van der Waals surface area contributed by atoms with E-state index in [-0.39, 0.29) is 6.04 Å². The Kier molecular flexibility index (Phi) is 6.54. The molecule has 0 saturated heterocycles. The molecule has 0 aromatic rings. The van der Waals surface area contributed by atoms with E-state index in [0.29, 0.717) is 5.92 Å². The molecule has 0 rings (SSSR count). The van der Waals surface area contributed by atoms with Crippen molar-refractivity contribution in [3.8, 4) is 0 Å². The van der Waals surface area contributed by atoms with Crippen LogP contribution in [0.2, 0.25) is 0 Å². The van der Waals surface area contributed by atoms with E-state index >= 15 is 0 Å². The first-order valence-electron chi connectivity index (χ1n) is 4.62. The minimum atomic E-state index is 0.279. The molecule has 3 N–H and O–H groups in total. The van der Waals surface area contributed by atoms with Crippen LogP contribution in [0.25, 0.3) is 0 Å². The third-order valence-electron chi connectivity index (χ3n) is 1.57. The van der Waals surface area contributed by atoms with Gasteiger partial charge in [0.25, 0.3) is 0 Å². The summed E-state index contributed by atoms with van der Waals surface area (Å²) in [4.78, 5) is 4.34. The summed E-state index contributed by atoms with van der Waals surface area (Å²) in [5.74, 6) is 6.63. The van der Waals surface area contributed by atoms with Crippen LogP contribution in [0.5, 0.6) is 0 Å². The SMILES string of the molecule is COCC(C)CC(=NC(C)C)NN. The molecule has 0 saturated carbocycles. The van der Waals surface area contributed by atoms with Gasteiger partial charge in [-0.3, -0.25) is 4.99 Å². The van der Waals surface area contributed by atoms with Gasteiger partial charge in [0, 0.05) is 26.2 Å². The van der Waals surface area contributed by atoms with Crippen LogP contribution >= 0.6 is 0 Å². The molecule has 0 heterocycles. The molecule has 1 unspecified atom stereocenters. The monoisotopic (exact) mass is 187 g/mol. The molecule has 4 heteroatoms. The first-order chi connectivity index (χ1) is 6.10. The van der Waals surface area contributed by atoms with Crippen LogP contribution in [-0.4, -0.2) is 25.6 Å². The Bertz CT molecular complexity index is 157. The predicted molar refractivity (Wildman–Crippen MR) is 55.6 cm³/mol. The molecular weight excluding hydrogens is 166 g/mol. The summed E-state index contributed by atoms with van der Waals surface area (Å²) in [6.07, 6.45) is 0.836. The number of ether oxygens (including phenoxy) is 1. The van der Waals surface area contributed by atoms with Crippen molar-refractivity contribution in [3.05, 3.63) is 0 Å². The van der Waals surface area contributed by atoms with Gasteiger partial charge in [-0.25, -0.2) is 5.84 Å². The van der Waals surface area contributed by atoms with Gasteiger partial charge in [0.2, 0.25) is 0 Å². The minimum absolute atomic E-state index is 0.279. The van der Waals surface area contributed by atoms with Gasteiger partial charge in [-0.1, -0.05) is 6.92 Å². The third-order valence-corrected chi connectivity index (χ3v) is 1.57. The number of nitrogens with zero attached hydrogens (tertiary/aromatic N) is 1. The molecule has 0 radical (unpaired) electrons. The second kappa shape index (κ2) is 6.86. The lowest BCUT2D eigenvalue weighted by Crippen LogP contribution is -2.33. The molecule has 0 spiro atoms. The van der Waals surface area contributed by atoms with E-state index in [4.69, 9.17) is 10.6 Å². The van der Waals surface area contributed by atoms with Crippen LogP contribution in [0.4, 0.5) is 0 Å². The summed E-state index contributed by atoms with van der Waals surface area (Å²) in [6.45, 7) is 6.89. The van der Waals surface area contributed by atoms with Crippen molar-refractivity contribution < 1.29 is 4.74 Å². The largest absolute Gasteiger partial charge is 0.384 e. The lowest BCUT2D eigenvalue weighted by atomic mass is 10.1. The van der Waals surface area contributed by atoms with Gasteiger partial charge in [0.05, 0.1) is 0 Å². The number of aliphatic imine (C=N–C) groups is 1. The average Bonchev–Trinajstić information content (AvgIpc) is 2.02. The average molecular weight is 187 g/mol. The van der Waals surface area contributed by atoms with Crippen molar-refractivity contribution in [3.63, 3.8) is 0 Å². The van der Waals surface area contributed by atoms with Crippen LogP contribution in [0, 0.1) is 5.92 Å². The van der Waals surface area contributed by atoms with E-state index in [1.54, 1.807) is 7.11 Å². The molecule has 0 aliphatic rings. The number of nitrogens with two attached hydrogens (primary N) is 1. The van der Waals surface area contributed by atoms with Crippen LogP contribution < -0.4 is 11.3 Å².